The van der Waals surface area contributed by atoms with Crippen LogP contribution in [-0.4, -0.2) is 11.1 Å². The number of thioether (sulfide) groups is 1. The van der Waals surface area contributed by atoms with Crippen molar-refractivity contribution >= 4 is 34.6 Å². The van der Waals surface area contributed by atoms with Gasteiger partial charge in [0.1, 0.15) is 5.76 Å². The van der Waals surface area contributed by atoms with Crippen molar-refractivity contribution in [3.8, 4) is 0 Å². The lowest BCUT2D eigenvalue weighted by Crippen LogP contribution is -2.19. The number of nitrogens with zero attached hydrogens (tertiary/aromatic N) is 1. The first-order valence-electron chi connectivity index (χ1n) is 6.52. The molecule has 2 heterocycles. The van der Waals surface area contributed by atoms with Gasteiger partial charge < -0.3 is 9.73 Å². The Balaban J connectivity index is 1.85. The molecule has 5 heteroatoms. The summed E-state index contributed by atoms with van der Waals surface area (Å²) in [6.07, 6.45) is 3.29. The number of aryl methyl sites for hydroxylation is 2. The molecule has 1 aromatic heterocycles. The monoisotopic (exact) mass is 298 g/mol. The minimum atomic E-state index is -0.153. The van der Waals surface area contributed by atoms with E-state index in [0.717, 1.165) is 11.3 Å². The Labute approximate surface area is 127 Å². The van der Waals surface area contributed by atoms with Crippen LogP contribution < -0.4 is 5.32 Å². The van der Waals surface area contributed by atoms with Crippen LogP contribution in [0.3, 0.4) is 0 Å². The molecule has 0 saturated carbocycles. The van der Waals surface area contributed by atoms with E-state index in [1.807, 2.05) is 26.0 Å². The second-order valence-corrected chi connectivity index (χ2v) is 5.82. The second kappa shape index (κ2) is 5.61. The zero-order valence-corrected chi connectivity index (χ0v) is 12.5. The van der Waals surface area contributed by atoms with E-state index in [9.17, 15) is 4.79 Å². The molecule has 1 fully saturated rings. The lowest BCUT2D eigenvalue weighted by molar-refractivity contribution is -0.115. The molecule has 1 amide bonds. The molecule has 2 aromatic rings. The fourth-order valence-corrected chi connectivity index (χ4v) is 2.84. The van der Waals surface area contributed by atoms with Crippen molar-refractivity contribution in [2.24, 2.45) is 4.99 Å². The molecule has 1 aliphatic heterocycles. The fourth-order valence-electron chi connectivity index (χ4n) is 2.02. The van der Waals surface area contributed by atoms with Crippen LogP contribution in [0.25, 0.3) is 6.08 Å². The van der Waals surface area contributed by atoms with Crippen molar-refractivity contribution in [2.75, 3.05) is 0 Å². The van der Waals surface area contributed by atoms with Crippen molar-refractivity contribution in [3.05, 3.63) is 58.4 Å². The Hall–Kier alpha value is -2.27. The molecule has 1 N–H and O–H groups in total. The highest BCUT2D eigenvalue weighted by molar-refractivity contribution is 8.18. The van der Waals surface area contributed by atoms with Crippen molar-refractivity contribution in [1.82, 2.24) is 5.32 Å². The third-order valence-electron chi connectivity index (χ3n) is 3.04. The van der Waals surface area contributed by atoms with Crippen LogP contribution in [0, 0.1) is 13.8 Å². The number of hydrogen-bond acceptors (Lipinski definition) is 4. The van der Waals surface area contributed by atoms with Gasteiger partial charge in [-0.2, -0.15) is 0 Å². The maximum absolute atomic E-state index is 11.9. The zero-order valence-electron chi connectivity index (χ0n) is 11.7. The summed E-state index contributed by atoms with van der Waals surface area (Å²) in [4.78, 5) is 17.0. The van der Waals surface area contributed by atoms with Gasteiger partial charge in [0, 0.05) is 6.08 Å². The molecule has 4 nitrogen and oxygen atoms in total. The van der Waals surface area contributed by atoms with Crippen molar-refractivity contribution in [3.63, 3.8) is 0 Å². The lowest BCUT2D eigenvalue weighted by atomic mass is 10.1. The van der Waals surface area contributed by atoms with Crippen LogP contribution in [0.5, 0.6) is 0 Å². The van der Waals surface area contributed by atoms with E-state index in [4.69, 9.17) is 4.42 Å². The highest BCUT2D eigenvalue weighted by Crippen LogP contribution is 2.29. The molecule has 21 heavy (non-hydrogen) atoms. The van der Waals surface area contributed by atoms with Crippen LogP contribution in [0.2, 0.25) is 0 Å². The maximum atomic E-state index is 11.9. The number of amidine groups is 1. The first-order valence-corrected chi connectivity index (χ1v) is 7.34. The number of benzene rings is 1. The molecule has 0 aliphatic carbocycles. The largest absolute Gasteiger partial charge is 0.465 e. The van der Waals surface area contributed by atoms with Gasteiger partial charge in [-0.1, -0.05) is 17.7 Å². The van der Waals surface area contributed by atoms with Crippen LogP contribution in [-0.2, 0) is 4.79 Å². The molecule has 106 valence electrons. The number of carbonyl (C=O) groups is 1. The SMILES string of the molecule is Cc1ccc(N=C2NC(=O)C(=Cc3ccco3)S2)c(C)c1. The van der Waals surface area contributed by atoms with Crippen LogP contribution in [0.15, 0.2) is 50.9 Å². The molecular formula is C16H14N2O2S. The second-order valence-electron chi connectivity index (χ2n) is 4.79. The normalized spacial score (nSPS) is 18.5. The molecule has 1 aromatic carbocycles. The Kier molecular flexibility index (Phi) is 3.66. The number of hydrogen-bond donors (Lipinski definition) is 1. The number of rotatable bonds is 2. The first-order chi connectivity index (χ1) is 10.1. The lowest BCUT2D eigenvalue weighted by Gasteiger charge is -2.02. The van der Waals surface area contributed by atoms with Crippen LogP contribution in [0.1, 0.15) is 16.9 Å². The quantitative estimate of drug-likeness (QED) is 0.858. The van der Waals surface area contributed by atoms with E-state index < -0.39 is 0 Å². The fraction of sp³-hybridized carbons (Fsp3) is 0.125. The van der Waals surface area contributed by atoms with E-state index in [-0.39, 0.29) is 5.91 Å². The van der Waals surface area contributed by atoms with Crippen LogP contribution >= 0.6 is 11.8 Å². The van der Waals surface area contributed by atoms with Gasteiger partial charge in [0.2, 0.25) is 0 Å². The van der Waals surface area contributed by atoms with Gasteiger partial charge >= 0.3 is 0 Å². The first kappa shape index (κ1) is 13.7. The predicted octanol–water partition coefficient (Wildman–Crippen LogP) is 3.79. The summed E-state index contributed by atoms with van der Waals surface area (Å²) in [6, 6.07) is 9.63. The Morgan fingerprint density at radius 1 is 1.29 bits per heavy atom. The molecule has 0 radical (unpaired) electrons. The molecule has 0 spiro atoms. The van der Waals surface area contributed by atoms with E-state index in [1.54, 1.807) is 24.5 Å². The van der Waals surface area contributed by atoms with E-state index in [0.29, 0.717) is 15.8 Å². The van der Waals surface area contributed by atoms with Gasteiger partial charge in [-0.15, -0.1) is 0 Å². The molecule has 0 atom stereocenters. The van der Waals surface area contributed by atoms with Gasteiger partial charge in [-0.05, 0) is 49.4 Å². The highest BCUT2D eigenvalue weighted by Gasteiger charge is 2.24. The summed E-state index contributed by atoms with van der Waals surface area (Å²) in [7, 11) is 0. The number of nitrogens with one attached hydrogen (secondary N) is 1. The van der Waals surface area contributed by atoms with Gasteiger partial charge in [0.25, 0.3) is 5.91 Å². The Morgan fingerprint density at radius 3 is 2.86 bits per heavy atom. The Bertz CT molecular complexity index is 746. The standard InChI is InChI=1S/C16H14N2O2S/c1-10-5-6-13(11(2)8-10)17-16-18-15(19)14(21-16)9-12-4-3-7-20-12/h3-9H,1-2H3,(H,17,18,19). The van der Waals surface area contributed by atoms with Gasteiger partial charge in [-0.25, -0.2) is 4.99 Å². The molecule has 0 bridgehead atoms. The minimum absolute atomic E-state index is 0.153. The summed E-state index contributed by atoms with van der Waals surface area (Å²) in [5.74, 6) is 0.500. The van der Waals surface area contributed by atoms with Crippen molar-refractivity contribution in [1.29, 1.82) is 0 Å². The summed E-state index contributed by atoms with van der Waals surface area (Å²) in [5, 5.41) is 3.36. The smallest absolute Gasteiger partial charge is 0.264 e. The average Bonchev–Trinajstić information content (AvgIpc) is 3.04. The van der Waals surface area contributed by atoms with E-state index >= 15 is 0 Å². The topological polar surface area (TPSA) is 54.6 Å². The third-order valence-corrected chi connectivity index (χ3v) is 3.95. The summed E-state index contributed by atoms with van der Waals surface area (Å²) in [6.45, 7) is 4.05. The van der Waals surface area contributed by atoms with Gasteiger partial charge in [0.05, 0.1) is 16.9 Å². The van der Waals surface area contributed by atoms with Crippen molar-refractivity contribution < 1.29 is 9.21 Å². The maximum Gasteiger partial charge on any atom is 0.264 e. The predicted molar refractivity (Wildman–Crippen MR) is 85.4 cm³/mol. The molecule has 1 aliphatic rings. The number of carbonyl (C=O) groups excluding carboxylic acids is 1. The number of furan rings is 1. The van der Waals surface area contributed by atoms with E-state index in [2.05, 4.69) is 16.4 Å². The Morgan fingerprint density at radius 2 is 2.14 bits per heavy atom. The molecule has 3 rings (SSSR count). The summed E-state index contributed by atoms with van der Waals surface area (Å²) >= 11 is 1.32. The number of amides is 1. The minimum Gasteiger partial charge on any atom is -0.465 e. The van der Waals surface area contributed by atoms with Gasteiger partial charge in [-0.3, -0.25) is 4.79 Å². The molecule has 1 saturated heterocycles. The zero-order chi connectivity index (χ0) is 14.8. The number of aliphatic imine (C=N–C) groups is 1. The van der Waals surface area contributed by atoms with Gasteiger partial charge in [0.15, 0.2) is 5.17 Å². The molecule has 0 unspecified atom stereocenters. The van der Waals surface area contributed by atoms with E-state index in [1.165, 1.54) is 17.3 Å². The summed E-state index contributed by atoms with van der Waals surface area (Å²) in [5.41, 5.74) is 3.14. The average molecular weight is 298 g/mol. The third kappa shape index (κ3) is 3.08. The molecular weight excluding hydrogens is 284 g/mol. The van der Waals surface area contributed by atoms with Crippen molar-refractivity contribution in [2.45, 2.75) is 13.8 Å². The van der Waals surface area contributed by atoms with Crippen LogP contribution in [0.4, 0.5) is 5.69 Å². The highest BCUT2D eigenvalue weighted by atomic mass is 32.2. The summed E-state index contributed by atoms with van der Waals surface area (Å²) < 4.78 is 5.22.